The Labute approximate surface area is 181 Å². The van der Waals surface area contributed by atoms with Crippen LogP contribution in [-0.4, -0.2) is 10.9 Å². The van der Waals surface area contributed by atoms with Gasteiger partial charge in [-0.1, -0.05) is 18.5 Å². The van der Waals surface area contributed by atoms with Gasteiger partial charge in [0.05, 0.1) is 5.52 Å². The van der Waals surface area contributed by atoms with Gasteiger partial charge in [0.2, 0.25) is 5.91 Å². The summed E-state index contributed by atoms with van der Waals surface area (Å²) in [6, 6.07) is 14.2. The largest absolute Gasteiger partial charge is 0.326 e. The van der Waals surface area contributed by atoms with Gasteiger partial charge in [0.1, 0.15) is 5.82 Å². The van der Waals surface area contributed by atoms with Crippen LogP contribution in [0.4, 0.5) is 10.1 Å². The van der Waals surface area contributed by atoms with E-state index in [0.717, 1.165) is 43.2 Å². The van der Waals surface area contributed by atoms with Gasteiger partial charge in [-0.25, -0.2) is 4.39 Å². The molecule has 3 nitrogen and oxygen atoms in total. The molecule has 0 bridgehead atoms. The smallest absolute Gasteiger partial charge is 0.227 e. The van der Waals surface area contributed by atoms with Gasteiger partial charge in [-0.2, -0.15) is 0 Å². The van der Waals surface area contributed by atoms with E-state index in [1.165, 1.54) is 17.7 Å². The van der Waals surface area contributed by atoms with E-state index in [1.54, 1.807) is 18.3 Å². The number of pyridine rings is 1. The van der Waals surface area contributed by atoms with E-state index >= 15 is 0 Å². The van der Waals surface area contributed by atoms with Crippen molar-refractivity contribution < 1.29 is 9.18 Å². The number of aromatic nitrogens is 1. The standard InChI is InChI=1S/C25H26ClFN2O/c1-2-21(25(30)29-20-10-7-18(26)8-11-20)16-3-5-17(6-4-16)22-13-14-28-24-15-19(27)9-12-23(22)24/h7-17,21H,2-6H2,1H3,(H,29,30)/t16-,17+,21?. The zero-order valence-electron chi connectivity index (χ0n) is 17.1. The Morgan fingerprint density at radius 1 is 1.13 bits per heavy atom. The molecule has 30 heavy (non-hydrogen) atoms. The molecule has 1 N–H and O–H groups in total. The first-order chi connectivity index (χ1) is 14.5. The van der Waals surface area contributed by atoms with Crippen LogP contribution in [0, 0.1) is 17.7 Å². The summed E-state index contributed by atoms with van der Waals surface area (Å²) in [7, 11) is 0. The molecule has 1 fully saturated rings. The molecule has 1 saturated carbocycles. The highest BCUT2D eigenvalue weighted by atomic mass is 35.5. The van der Waals surface area contributed by atoms with Crippen LogP contribution in [0.3, 0.4) is 0 Å². The molecule has 5 heteroatoms. The number of fused-ring (bicyclic) bond motifs is 1. The molecule has 0 radical (unpaired) electrons. The van der Waals surface area contributed by atoms with Gasteiger partial charge in [-0.15, -0.1) is 0 Å². The summed E-state index contributed by atoms with van der Waals surface area (Å²) in [5.41, 5.74) is 2.74. The molecule has 1 aliphatic rings. The molecular formula is C25H26ClFN2O. The first kappa shape index (κ1) is 20.8. The predicted molar refractivity (Wildman–Crippen MR) is 120 cm³/mol. The Hall–Kier alpha value is -2.46. The number of nitrogens with zero attached hydrogens (tertiary/aromatic N) is 1. The molecule has 4 rings (SSSR count). The van der Waals surface area contributed by atoms with Crippen molar-refractivity contribution in [2.24, 2.45) is 11.8 Å². The molecule has 0 spiro atoms. The van der Waals surface area contributed by atoms with Gasteiger partial charge >= 0.3 is 0 Å². The van der Waals surface area contributed by atoms with E-state index in [2.05, 4.69) is 23.3 Å². The number of nitrogens with one attached hydrogen (secondary N) is 1. The van der Waals surface area contributed by atoms with Crippen LogP contribution in [0.25, 0.3) is 10.9 Å². The zero-order valence-corrected chi connectivity index (χ0v) is 17.8. The summed E-state index contributed by atoms with van der Waals surface area (Å²) in [6.45, 7) is 2.09. The van der Waals surface area contributed by atoms with Gasteiger partial charge in [-0.3, -0.25) is 9.78 Å². The average molecular weight is 425 g/mol. The number of amides is 1. The molecule has 3 aromatic rings. The quantitative estimate of drug-likeness (QED) is 0.480. The predicted octanol–water partition coefficient (Wildman–Crippen LogP) is 6.97. The Morgan fingerprint density at radius 3 is 2.57 bits per heavy atom. The van der Waals surface area contributed by atoms with Gasteiger partial charge in [0, 0.05) is 34.3 Å². The van der Waals surface area contributed by atoms with Crippen molar-refractivity contribution in [1.29, 1.82) is 0 Å². The SMILES string of the molecule is CCC(C(=O)Nc1ccc(Cl)cc1)[C@H]1CC[C@@H](c2ccnc3cc(F)ccc32)CC1. The summed E-state index contributed by atoms with van der Waals surface area (Å²) < 4.78 is 13.6. The van der Waals surface area contributed by atoms with E-state index in [1.807, 2.05) is 18.2 Å². The summed E-state index contributed by atoms with van der Waals surface area (Å²) in [6.07, 6.45) is 6.70. The van der Waals surface area contributed by atoms with E-state index in [9.17, 15) is 9.18 Å². The van der Waals surface area contributed by atoms with Crippen molar-refractivity contribution in [1.82, 2.24) is 4.98 Å². The monoisotopic (exact) mass is 424 g/mol. The van der Waals surface area contributed by atoms with Crippen LogP contribution in [0.15, 0.2) is 54.7 Å². The molecule has 1 heterocycles. The van der Waals surface area contributed by atoms with Crippen LogP contribution in [0.5, 0.6) is 0 Å². The number of hydrogen-bond acceptors (Lipinski definition) is 2. The number of benzene rings is 2. The first-order valence-corrected chi connectivity index (χ1v) is 11.0. The first-order valence-electron chi connectivity index (χ1n) is 10.7. The second-order valence-corrected chi connectivity index (χ2v) is 8.62. The van der Waals surface area contributed by atoms with Crippen molar-refractivity contribution in [3.05, 3.63) is 71.1 Å². The van der Waals surface area contributed by atoms with Crippen molar-refractivity contribution in [2.45, 2.75) is 44.9 Å². The minimum atomic E-state index is -0.256. The Kier molecular flexibility index (Phi) is 6.33. The highest BCUT2D eigenvalue weighted by Gasteiger charge is 2.32. The Morgan fingerprint density at radius 2 is 1.87 bits per heavy atom. The normalized spacial score (nSPS) is 20.1. The molecule has 1 aromatic heterocycles. The van der Waals surface area contributed by atoms with Crippen molar-refractivity contribution in [3.63, 3.8) is 0 Å². The number of anilines is 1. The van der Waals surface area contributed by atoms with Crippen LogP contribution in [0.1, 0.15) is 50.5 Å². The number of rotatable bonds is 5. The maximum absolute atomic E-state index is 13.6. The number of halogens is 2. The fraction of sp³-hybridized carbons (Fsp3) is 0.360. The molecule has 0 aliphatic heterocycles. The van der Waals surface area contributed by atoms with Crippen LogP contribution < -0.4 is 5.32 Å². The second-order valence-electron chi connectivity index (χ2n) is 8.18. The number of carbonyl (C=O) groups is 1. The summed E-state index contributed by atoms with van der Waals surface area (Å²) in [5.74, 6) is 0.643. The maximum Gasteiger partial charge on any atom is 0.227 e. The molecule has 1 unspecified atom stereocenters. The van der Waals surface area contributed by atoms with Gasteiger partial charge in [0.25, 0.3) is 0 Å². The number of carbonyl (C=O) groups excluding carboxylic acids is 1. The van der Waals surface area contributed by atoms with Crippen molar-refractivity contribution >= 4 is 34.1 Å². The van der Waals surface area contributed by atoms with Gasteiger partial charge < -0.3 is 5.32 Å². The fourth-order valence-electron chi connectivity index (χ4n) is 4.83. The Balaban J connectivity index is 1.43. The third-order valence-electron chi connectivity index (χ3n) is 6.41. The van der Waals surface area contributed by atoms with Crippen LogP contribution >= 0.6 is 11.6 Å². The molecule has 0 saturated heterocycles. The minimum Gasteiger partial charge on any atom is -0.326 e. The zero-order chi connectivity index (χ0) is 21.1. The lowest BCUT2D eigenvalue weighted by Gasteiger charge is -2.33. The van der Waals surface area contributed by atoms with Gasteiger partial charge in [0.15, 0.2) is 0 Å². The lowest BCUT2D eigenvalue weighted by atomic mass is 9.72. The van der Waals surface area contributed by atoms with E-state index in [-0.39, 0.29) is 17.6 Å². The third kappa shape index (κ3) is 4.49. The lowest BCUT2D eigenvalue weighted by molar-refractivity contribution is -0.122. The second kappa shape index (κ2) is 9.13. The summed E-state index contributed by atoms with van der Waals surface area (Å²) >= 11 is 5.93. The third-order valence-corrected chi connectivity index (χ3v) is 6.66. The van der Waals surface area contributed by atoms with E-state index < -0.39 is 0 Å². The summed E-state index contributed by atoms with van der Waals surface area (Å²) in [5, 5.41) is 4.74. The highest BCUT2D eigenvalue weighted by molar-refractivity contribution is 6.30. The lowest BCUT2D eigenvalue weighted by Crippen LogP contribution is -2.31. The maximum atomic E-state index is 13.6. The molecule has 1 atom stereocenters. The Bertz CT molecular complexity index is 1030. The highest BCUT2D eigenvalue weighted by Crippen LogP contribution is 2.41. The molecule has 156 valence electrons. The minimum absolute atomic E-state index is 0.00454. The average Bonchev–Trinajstić information content (AvgIpc) is 2.76. The van der Waals surface area contributed by atoms with E-state index in [0.29, 0.717) is 22.4 Å². The number of hydrogen-bond donors (Lipinski definition) is 1. The molecule has 1 amide bonds. The van der Waals surface area contributed by atoms with Gasteiger partial charge in [-0.05, 0) is 92.0 Å². The van der Waals surface area contributed by atoms with Crippen LogP contribution in [-0.2, 0) is 4.79 Å². The van der Waals surface area contributed by atoms with Crippen LogP contribution in [0.2, 0.25) is 5.02 Å². The molecule has 2 aromatic carbocycles. The van der Waals surface area contributed by atoms with Crippen molar-refractivity contribution in [2.75, 3.05) is 5.32 Å². The summed E-state index contributed by atoms with van der Waals surface area (Å²) in [4.78, 5) is 17.2. The topological polar surface area (TPSA) is 42.0 Å². The molecule has 1 aliphatic carbocycles. The molecular weight excluding hydrogens is 399 g/mol. The van der Waals surface area contributed by atoms with E-state index in [4.69, 9.17) is 11.6 Å². The van der Waals surface area contributed by atoms with Crippen molar-refractivity contribution in [3.8, 4) is 0 Å². The fourth-order valence-corrected chi connectivity index (χ4v) is 4.96.